The first kappa shape index (κ1) is 17.6. The topological polar surface area (TPSA) is 78.0 Å². The van der Waals surface area contributed by atoms with Crippen molar-refractivity contribution in [1.29, 1.82) is 0 Å². The van der Waals surface area contributed by atoms with Crippen LogP contribution in [-0.4, -0.2) is 18.2 Å². The van der Waals surface area contributed by atoms with Gasteiger partial charge in [0.15, 0.2) is 5.69 Å². The summed E-state index contributed by atoms with van der Waals surface area (Å²) in [4.78, 5) is 0.712. The fraction of sp³-hybridized carbons (Fsp3) is 0.133. The zero-order chi connectivity index (χ0) is 18.4. The van der Waals surface area contributed by atoms with Gasteiger partial charge < -0.3 is 0 Å². The van der Waals surface area contributed by atoms with Crippen molar-refractivity contribution in [2.45, 2.75) is 18.0 Å². The highest BCUT2D eigenvalue weighted by Gasteiger charge is 2.35. The van der Waals surface area contributed by atoms with Gasteiger partial charge in [-0.3, -0.25) is 0 Å². The summed E-state index contributed by atoms with van der Waals surface area (Å²) in [7, 11) is -3.89. The van der Waals surface area contributed by atoms with Crippen molar-refractivity contribution >= 4 is 21.4 Å². The maximum absolute atomic E-state index is 13.1. The van der Waals surface area contributed by atoms with Crippen LogP contribution in [0.15, 0.2) is 46.7 Å². The summed E-state index contributed by atoms with van der Waals surface area (Å²) in [6.07, 6.45) is -4.59. The van der Waals surface area contributed by atoms with Crippen molar-refractivity contribution in [3.63, 3.8) is 0 Å². The number of alkyl halides is 3. The third-order valence-corrected chi connectivity index (χ3v) is 5.32. The molecule has 2 aromatic heterocycles. The van der Waals surface area contributed by atoms with Crippen LogP contribution in [0.5, 0.6) is 0 Å². The van der Waals surface area contributed by atoms with E-state index in [2.05, 4.69) is 5.10 Å². The Morgan fingerprint density at radius 3 is 2.28 bits per heavy atom. The molecule has 10 heteroatoms. The Kier molecular flexibility index (Phi) is 4.21. The van der Waals surface area contributed by atoms with Gasteiger partial charge in [-0.1, -0.05) is 0 Å². The largest absolute Gasteiger partial charge is 0.435 e. The average molecular weight is 387 g/mol. The van der Waals surface area contributed by atoms with Gasteiger partial charge in [0.1, 0.15) is 0 Å². The maximum atomic E-state index is 13.1. The van der Waals surface area contributed by atoms with Gasteiger partial charge in [0.05, 0.1) is 16.3 Å². The van der Waals surface area contributed by atoms with Gasteiger partial charge in [0.2, 0.25) is 10.0 Å². The second-order valence-electron chi connectivity index (χ2n) is 5.25. The number of thiophene rings is 1. The van der Waals surface area contributed by atoms with Crippen LogP contribution in [0.25, 0.3) is 16.9 Å². The Labute approximate surface area is 145 Å². The van der Waals surface area contributed by atoms with Crippen LogP contribution in [0.2, 0.25) is 0 Å². The minimum absolute atomic E-state index is 0.132. The lowest BCUT2D eigenvalue weighted by Gasteiger charge is -2.08. The number of rotatable bonds is 3. The van der Waals surface area contributed by atoms with Gasteiger partial charge in [-0.15, -0.1) is 11.3 Å². The Bertz CT molecular complexity index is 1020. The number of nitrogens with two attached hydrogens (primary N) is 1. The zero-order valence-electron chi connectivity index (χ0n) is 12.8. The Morgan fingerprint density at radius 2 is 1.80 bits per heavy atom. The van der Waals surface area contributed by atoms with Crippen LogP contribution >= 0.6 is 11.3 Å². The number of benzene rings is 1. The number of hydrogen-bond donors (Lipinski definition) is 1. The van der Waals surface area contributed by atoms with Crippen molar-refractivity contribution in [2.24, 2.45) is 5.14 Å². The first-order valence-electron chi connectivity index (χ1n) is 6.92. The molecule has 0 unspecified atom stereocenters. The van der Waals surface area contributed by atoms with Crippen molar-refractivity contribution < 1.29 is 21.6 Å². The highest BCUT2D eigenvalue weighted by Crippen LogP contribution is 2.35. The number of aryl methyl sites for hydroxylation is 1. The fourth-order valence-electron chi connectivity index (χ4n) is 2.34. The molecule has 0 bridgehead atoms. The van der Waals surface area contributed by atoms with E-state index in [9.17, 15) is 21.6 Å². The highest BCUT2D eigenvalue weighted by molar-refractivity contribution is 7.89. The van der Waals surface area contributed by atoms with Crippen molar-refractivity contribution in [3.05, 3.63) is 52.3 Å². The SMILES string of the molecule is Cc1sccc1-c1cc(C(F)(F)F)nn1-c1ccc(S(N)(=O)=O)cc1. The molecule has 0 spiro atoms. The molecule has 0 fully saturated rings. The van der Waals surface area contributed by atoms with E-state index >= 15 is 0 Å². The summed E-state index contributed by atoms with van der Waals surface area (Å²) >= 11 is 1.41. The van der Waals surface area contributed by atoms with E-state index in [4.69, 9.17) is 5.14 Å². The summed E-state index contributed by atoms with van der Waals surface area (Å²) in [6, 6.07) is 7.86. The fourth-order valence-corrected chi connectivity index (χ4v) is 3.56. The number of nitrogens with zero attached hydrogens (tertiary/aromatic N) is 2. The first-order valence-corrected chi connectivity index (χ1v) is 9.35. The predicted molar refractivity (Wildman–Crippen MR) is 88.0 cm³/mol. The van der Waals surface area contributed by atoms with E-state index in [1.54, 1.807) is 18.4 Å². The van der Waals surface area contributed by atoms with Gasteiger partial charge in [-0.25, -0.2) is 18.2 Å². The summed E-state index contributed by atoms with van der Waals surface area (Å²) in [5, 5.41) is 10.5. The first-order chi connectivity index (χ1) is 11.6. The van der Waals surface area contributed by atoms with Crippen LogP contribution in [0.3, 0.4) is 0 Å². The molecule has 1 aromatic carbocycles. The average Bonchev–Trinajstić information content (AvgIpc) is 3.11. The summed E-state index contributed by atoms with van der Waals surface area (Å²) in [5.41, 5.74) is 0.171. The van der Waals surface area contributed by atoms with Crippen LogP contribution in [-0.2, 0) is 16.2 Å². The van der Waals surface area contributed by atoms with Crippen molar-refractivity contribution in [3.8, 4) is 16.9 Å². The number of primary sulfonamides is 1. The predicted octanol–water partition coefficient (Wildman–Crippen LogP) is 3.58. The van der Waals surface area contributed by atoms with Gasteiger partial charge in [-0.05, 0) is 48.7 Å². The van der Waals surface area contributed by atoms with Gasteiger partial charge in [-0.2, -0.15) is 18.3 Å². The summed E-state index contributed by atoms with van der Waals surface area (Å²) < 4.78 is 63.1. The Balaban J connectivity index is 2.18. The minimum atomic E-state index is -4.59. The molecule has 25 heavy (non-hydrogen) atoms. The third-order valence-electron chi connectivity index (χ3n) is 3.54. The number of sulfonamides is 1. The zero-order valence-corrected chi connectivity index (χ0v) is 14.4. The van der Waals surface area contributed by atoms with E-state index in [1.807, 2.05) is 0 Å². The third kappa shape index (κ3) is 3.46. The minimum Gasteiger partial charge on any atom is -0.232 e. The van der Waals surface area contributed by atoms with E-state index in [0.29, 0.717) is 11.3 Å². The smallest absolute Gasteiger partial charge is 0.232 e. The molecule has 0 aliphatic rings. The second-order valence-corrected chi connectivity index (χ2v) is 7.94. The standard InChI is InChI=1S/C15H12F3N3O2S2/c1-9-12(6-7-24-9)13-8-14(15(16,17)18)20-21(13)10-2-4-11(5-3-10)25(19,22)23/h2-8H,1H3,(H2,19,22,23). The molecule has 2 N–H and O–H groups in total. The number of hydrogen-bond acceptors (Lipinski definition) is 4. The normalized spacial score (nSPS) is 12.5. The molecule has 3 aromatic rings. The molecular formula is C15H12F3N3O2S2. The van der Waals surface area contributed by atoms with E-state index in [0.717, 1.165) is 15.6 Å². The monoisotopic (exact) mass is 387 g/mol. The summed E-state index contributed by atoms with van der Waals surface area (Å²) in [5.74, 6) is 0. The molecule has 0 radical (unpaired) electrons. The van der Waals surface area contributed by atoms with Crippen molar-refractivity contribution in [2.75, 3.05) is 0 Å². The molecule has 0 saturated heterocycles. The molecule has 3 rings (SSSR count). The molecular weight excluding hydrogens is 375 g/mol. The van der Waals surface area contributed by atoms with Crippen LogP contribution < -0.4 is 5.14 Å². The summed E-state index contributed by atoms with van der Waals surface area (Å²) in [6.45, 7) is 1.80. The van der Waals surface area contributed by atoms with E-state index < -0.39 is 21.9 Å². The molecule has 0 aliphatic heterocycles. The van der Waals surface area contributed by atoms with Crippen molar-refractivity contribution in [1.82, 2.24) is 9.78 Å². The van der Waals surface area contributed by atoms with Crippen LogP contribution in [0.4, 0.5) is 13.2 Å². The van der Waals surface area contributed by atoms with E-state index in [1.165, 1.54) is 35.6 Å². The molecule has 132 valence electrons. The highest BCUT2D eigenvalue weighted by atomic mass is 32.2. The van der Waals surface area contributed by atoms with Crippen LogP contribution in [0.1, 0.15) is 10.6 Å². The lowest BCUT2D eigenvalue weighted by molar-refractivity contribution is -0.141. The van der Waals surface area contributed by atoms with Gasteiger partial charge >= 0.3 is 6.18 Å². The van der Waals surface area contributed by atoms with E-state index in [-0.39, 0.29) is 10.6 Å². The lowest BCUT2D eigenvalue weighted by atomic mass is 10.1. The number of halogens is 3. The molecule has 0 amide bonds. The molecule has 5 nitrogen and oxygen atoms in total. The Hall–Kier alpha value is -2.17. The molecule has 0 aliphatic carbocycles. The molecule has 0 atom stereocenters. The Morgan fingerprint density at radius 1 is 1.16 bits per heavy atom. The quantitative estimate of drug-likeness (QED) is 0.746. The lowest BCUT2D eigenvalue weighted by Crippen LogP contribution is -2.12. The van der Waals surface area contributed by atoms with Gasteiger partial charge in [0.25, 0.3) is 0 Å². The molecule has 2 heterocycles. The maximum Gasteiger partial charge on any atom is 0.435 e. The van der Waals surface area contributed by atoms with Gasteiger partial charge in [0, 0.05) is 10.4 Å². The second kappa shape index (κ2) is 5.97. The van der Waals surface area contributed by atoms with Crippen LogP contribution in [0, 0.1) is 6.92 Å². The molecule has 0 saturated carbocycles. The number of aromatic nitrogens is 2.